The van der Waals surface area contributed by atoms with E-state index in [0.717, 1.165) is 45.7 Å². The molecule has 1 fully saturated rings. The number of aryl methyl sites for hydroxylation is 1. The summed E-state index contributed by atoms with van der Waals surface area (Å²) in [6, 6.07) is 15.2. The van der Waals surface area contributed by atoms with Crippen LogP contribution in [0.4, 0.5) is 0 Å². The molecule has 0 amide bonds. The number of nitrogens with zero attached hydrogens (tertiary/aromatic N) is 1. The van der Waals surface area contributed by atoms with Crippen LogP contribution in [0, 0.1) is 6.92 Å². The van der Waals surface area contributed by atoms with Crippen molar-refractivity contribution in [3.8, 4) is 0 Å². The van der Waals surface area contributed by atoms with Gasteiger partial charge in [0.25, 0.3) is 0 Å². The number of piperazine rings is 1. The Labute approximate surface area is 175 Å². The minimum Gasteiger partial charge on any atom is -0.361 e. The maximum atomic E-state index is 3.76. The van der Waals surface area contributed by atoms with E-state index in [-0.39, 0.29) is 0 Å². The molecule has 4 nitrogen and oxygen atoms in total. The molecule has 0 aliphatic carbocycles. The summed E-state index contributed by atoms with van der Waals surface area (Å²) in [6.45, 7) is 12.5. The minimum absolute atomic E-state index is 1.03. The topological polar surface area (TPSA) is 43.1 Å². The number of fused-ring (bicyclic) bond motifs is 1. The second-order valence-corrected chi connectivity index (χ2v) is 7.69. The molecule has 1 aromatic heterocycles. The van der Waals surface area contributed by atoms with E-state index in [1.54, 1.807) is 0 Å². The van der Waals surface area contributed by atoms with Gasteiger partial charge in [-0.05, 0) is 55.8 Å². The summed E-state index contributed by atoms with van der Waals surface area (Å²) in [4.78, 5) is 5.78. The highest BCUT2D eigenvalue weighted by Gasteiger charge is 2.09. The van der Waals surface area contributed by atoms with E-state index in [9.17, 15) is 0 Å². The Morgan fingerprint density at radius 2 is 1.86 bits per heavy atom. The van der Waals surface area contributed by atoms with Gasteiger partial charge >= 0.3 is 0 Å². The highest BCUT2D eigenvalue weighted by atomic mass is 15.2. The Bertz CT molecular complexity index is 889. The summed E-state index contributed by atoms with van der Waals surface area (Å²) in [7, 11) is 1.99. The Morgan fingerprint density at radius 1 is 1.10 bits per heavy atom. The fourth-order valence-electron chi connectivity index (χ4n) is 3.65. The number of nitrogens with one attached hydrogen (secondary N) is 3. The van der Waals surface area contributed by atoms with E-state index in [4.69, 9.17) is 0 Å². The van der Waals surface area contributed by atoms with Crippen LogP contribution in [0.25, 0.3) is 17.0 Å². The van der Waals surface area contributed by atoms with Crippen molar-refractivity contribution in [3.63, 3.8) is 0 Å². The predicted octanol–water partition coefficient (Wildman–Crippen LogP) is 3.97. The number of likely N-dealkylation sites (N-methyl/N-ethyl adjacent to an activating group) is 1. The first-order valence-corrected chi connectivity index (χ1v) is 10.6. The first-order chi connectivity index (χ1) is 14.2. The maximum Gasteiger partial charge on any atom is 0.0456 e. The van der Waals surface area contributed by atoms with Crippen LogP contribution in [0.3, 0.4) is 0 Å². The number of hydrogen-bond acceptors (Lipinski definition) is 3. The monoisotopic (exact) mass is 390 g/mol. The minimum atomic E-state index is 1.03. The first-order valence-electron chi connectivity index (χ1n) is 10.6. The standard InChI is InChI=1S/C13H18N2.C12H16N2/c1-2-12-3-5-13(6-4-12)11-15-9-7-14-8-10-15;1-9-3-4-12-11(7-9)10(8-14-12)5-6-13-2/h2-6,14H,1,7-11H2;3-4,7-8,13-14H,5-6H2,1-2H3. The van der Waals surface area contributed by atoms with E-state index < -0.39 is 0 Å². The molecule has 3 N–H and O–H groups in total. The molecule has 2 heterocycles. The number of hydrogen-bond donors (Lipinski definition) is 3. The zero-order chi connectivity index (χ0) is 20.5. The molecule has 154 valence electrons. The maximum absolute atomic E-state index is 3.76. The summed E-state index contributed by atoms with van der Waals surface area (Å²) in [6.07, 6.45) is 5.08. The molecule has 0 bridgehead atoms. The fourth-order valence-corrected chi connectivity index (χ4v) is 3.65. The molecular weight excluding hydrogens is 356 g/mol. The van der Waals surface area contributed by atoms with Crippen molar-refractivity contribution in [1.82, 2.24) is 20.5 Å². The molecule has 0 atom stereocenters. The quantitative estimate of drug-likeness (QED) is 0.597. The van der Waals surface area contributed by atoms with Gasteiger partial charge in [0.05, 0.1) is 0 Å². The number of rotatable bonds is 6. The molecular formula is C25H34N4. The molecule has 4 rings (SSSR count). The van der Waals surface area contributed by atoms with Crippen molar-refractivity contribution in [2.75, 3.05) is 39.8 Å². The lowest BCUT2D eigenvalue weighted by Crippen LogP contribution is -2.42. The fraction of sp³-hybridized carbons (Fsp3) is 0.360. The van der Waals surface area contributed by atoms with E-state index in [2.05, 4.69) is 82.7 Å². The van der Waals surface area contributed by atoms with Crippen molar-refractivity contribution < 1.29 is 0 Å². The molecule has 0 unspecified atom stereocenters. The van der Waals surface area contributed by atoms with Crippen molar-refractivity contribution in [2.45, 2.75) is 19.9 Å². The Kier molecular flexibility index (Phi) is 8.05. The van der Waals surface area contributed by atoms with Crippen LogP contribution in [0.2, 0.25) is 0 Å². The third kappa shape index (κ3) is 6.29. The second-order valence-electron chi connectivity index (χ2n) is 7.69. The van der Waals surface area contributed by atoms with E-state index in [1.807, 2.05) is 13.1 Å². The molecule has 0 saturated carbocycles. The van der Waals surface area contributed by atoms with Gasteiger partial charge in [-0.15, -0.1) is 0 Å². The van der Waals surface area contributed by atoms with Crippen LogP contribution in [-0.4, -0.2) is 49.7 Å². The van der Waals surface area contributed by atoms with Crippen molar-refractivity contribution in [3.05, 3.63) is 77.5 Å². The number of aromatic nitrogens is 1. The zero-order valence-electron chi connectivity index (χ0n) is 17.8. The Morgan fingerprint density at radius 3 is 2.55 bits per heavy atom. The first kappa shape index (κ1) is 21.3. The largest absolute Gasteiger partial charge is 0.361 e. The van der Waals surface area contributed by atoms with Gasteiger partial charge in [-0.1, -0.05) is 48.6 Å². The Balaban J connectivity index is 0.000000166. The van der Waals surface area contributed by atoms with Gasteiger partial charge < -0.3 is 15.6 Å². The molecule has 0 radical (unpaired) electrons. The molecule has 2 aromatic carbocycles. The van der Waals surface area contributed by atoms with Crippen LogP contribution in [0.1, 0.15) is 22.3 Å². The molecule has 0 spiro atoms. The zero-order valence-corrected chi connectivity index (χ0v) is 17.8. The van der Waals surface area contributed by atoms with Gasteiger partial charge in [0, 0.05) is 49.8 Å². The third-order valence-electron chi connectivity index (χ3n) is 5.40. The van der Waals surface area contributed by atoms with Gasteiger partial charge in [0.1, 0.15) is 0 Å². The van der Waals surface area contributed by atoms with Crippen LogP contribution in [-0.2, 0) is 13.0 Å². The van der Waals surface area contributed by atoms with Gasteiger partial charge in [-0.2, -0.15) is 0 Å². The molecule has 4 heteroatoms. The van der Waals surface area contributed by atoms with Crippen LogP contribution >= 0.6 is 0 Å². The molecule has 3 aromatic rings. The molecule has 1 aliphatic heterocycles. The van der Waals surface area contributed by atoms with Gasteiger partial charge in [-0.3, -0.25) is 4.90 Å². The second kappa shape index (κ2) is 11.0. The summed E-state index contributed by atoms with van der Waals surface area (Å²) in [5, 5.41) is 7.90. The van der Waals surface area contributed by atoms with Crippen LogP contribution in [0.5, 0.6) is 0 Å². The van der Waals surface area contributed by atoms with Crippen molar-refractivity contribution in [1.29, 1.82) is 0 Å². The number of H-pyrrole nitrogens is 1. The predicted molar refractivity (Wildman–Crippen MR) is 125 cm³/mol. The Hall–Kier alpha value is -2.40. The average Bonchev–Trinajstić information content (AvgIpc) is 3.16. The summed E-state index contributed by atoms with van der Waals surface area (Å²) in [5.74, 6) is 0. The van der Waals surface area contributed by atoms with Gasteiger partial charge in [0.15, 0.2) is 0 Å². The lowest BCUT2D eigenvalue weighted by Gasteiger charge is -2.27. The summed E-state index contributed by atoms with van der Waals surface area (Å²) >= 11 is 0. The van der Waals surface area contributed by atoms with Crippen molar-refractivity contribution in [2.24, 2.45) is 0 Å². The van der Waals surface area contributed by atoms with Gasteiger partial charge in [-0.25, -0.2) is 0 Å². The highest BCUT2D eigenvalue weighted by Crippen LogP contribution is 2.19. The SMILES string of the molecule is C=Cc1ccc(CN2CCNCC2)cc1.CNCCc1c[nH]c2ccc(C)cc12. The normalized spacial score (nSPS) is 14.4. The highest BCUT2D eigenvalue weighted by molar-refractivity contribution is 5.83. The van der Waals surface area contributed by atoms with Crippen LogP contribution in [0.15, 0.2) is 55.2 Å². The van der Waals surface area contributed by atoms with Gasteiger partial charge in [0.2, 0.25) is 0 Å². The molecule has 29 heavy (non-hydrogen) atoms. The summed E-state index contributed by atoms with van der Waals surface area (Å²) in [5.41, 5.74) is 6.55. The lowest BCUT2D eigenvalue weighted by atomic mass is 10.1. The number of aromatic amines is 1. The smallest absolute Gasteiger partial charge is 0.0456 e. The molecule has 1 saturated heterocycles. The lowest BCUT2D eigenvalue weighted by molar-refractivity contribution is 0.233. The number of benzene rings is 2. The molecule has 1 aliphatic rings. The van der Waals surface area contributed by atoms with Crippen molar-refractivity contribution >= 4 is 17.0 Å². The average molecular weight is 391 g/mol. The third-order valence-corrected chi connectivity index (χ3v) is 5.40. The van der Waals surface area contributed by atoms with Crippen LogP contribution < -0.4 is 10.6 Å². The van der Waals surface area contributed by atoms with E-state index >= 15 is 0 Å². The van der Waals surface area contributed by atoms with E-state index in [0.29, 0.717) is 0 Å². The van der Waals surface area contributed by atoms with E-state index in [1.165, 1.54) is 33.2 Å². The summed E-state index contributed by atoms with van der Waals surface area (Å²) < 4.78 is 0.